The molecule has 0 radical (unpaired) electrons. The number of hydrogen-bond donors (Lipinski definition) is 0. The second kappa shape index (κ2) is 4.85. The van der Waals surface area contributed by atoms with Crippen molar-refractivity contribution >= 4 is 5.82 Å². The van der Waals surface area contributed by atoms with Crippen LogP contribution < -0.4 is 4.90 Å². The molecule has 2 aliphatic carbocycles. The van der Waals surface area contributed by atoms with E-state index in [1.807, 2.05) is 19.9 Å². The molecule has 100 valence electrons. The molecule has 0 bridgehead atoms. The van der Waals surface area contributed by atoms with Gasteiger partial charge in [-0.05, 0) is 63.0 Å². The van der Waals surface area contributed by atoms with Crippen LogP contribution in [0.3, 0.4) is 0 Å². The van der Waals surface area contributed by atoms with E-state index in [4.69, 9.17) is 0 Å². The van der Waals surface area contributed by atoms with E-state index in [2.05, 4.69) is 16.0 Å². The van der Waals surface area contributed by atoms with Gasteiger partial charge in [-0.3, -0.25) is 0 Å². The third-order valence-electron chi connectivity index (χ3n) is 4.09. The first-order valence-electron chi connectivity index (χ1n) is 7.30. The minimum atomic E-state index is 0.770. The second-order valence-corrected chi connectivity index (χ2v) is 6.18. The van der Waals surface area contributed by atoms with Gasteiger partial charge in [-0.2, -0.15) is 5.26 Å². The predicted molar refractivity (Wildman–Crippen MR) is 76.1 cm³/mol. The zero-order valence-corrected chi connectivity index (χ0v) is 11.8. The lowest BCUT2D eigenvalue weighted by molar-refractivity contribution is 0.669. The molecule has 0 aromatic carbocycles. The van der Waals surface area contributed by atoms with Crippen LogP contribution in [-0.2, 0) is 0 Å². The fourth-order valence-electron chi connectivity index (χ4n) is 2.66. The van der Waals surface area contributed by atoms with Crippen LogP contribution >= 0.6 is 0 Å². The molecule has 3 nitrogen and oxygen atoms in total. The molecule has 2 fully saturated rings. The van der Waals surface area contributed by atoms with E-state index in [1.165, 1.54) is 25.7 Å². The van der Waals surface area contributed by atoms with E-state index in [1.54, 1.807) is 0 Å². The Hall–Kier alpha value is -1.56. The molecule has 3 rings (SSSR count). The summed E-state index contributed by atoms with van der Waals surface area (Å²) >= 11 is 0. The van der Waals surface area contributed by atoms with Gasteiger partial charge in [0.2, 0.25) is 0 Å². The van der Waals surface area contributed by atoms with Crippen molar-refractivity contribution in [2.45, 2.75) is 39.5 Å². The first kappa shape index (κ1) is 12.5. The number of nitrogens with zero attached hydrogens (tertiary/aromatic N) is 3. The number of nitriles is 1. The summed E-state index contributed by atoms with van der Waals surface area (Å²) < 4.78 is 0. The molecule has 0 spiro atoms. The summed E-state index contributed by atoms with van der Waals surface area (Å²) in [6.45, 7) is 6.20. The van der Waals surface area contributed by atoms with Gasteiger partial charge in [-0.25, -0.2) is 4.98 Å². The van der Waals surface area contributed by atoms with Crippen LogP contribution in [0.25, 0.3) is 0 Å². The minimum Gasteiger partial charge on any atom is -0.355 e. The fraction of sp³-hybridized carbons (Fsp3) is 0.625. The SMILES string of the molecule is Cc1cc(C)c(C#N)c(N(CC2CC2)CC2CC2)n1. The van der Waals surface area contributed by atoms with Crippen molar-refractivity contribution in [3.8, 4) is 6.07 Å². The van der Waals surface area contributed by atoms with Gasteiger partial charge in [0.25, 0.3) is 0 Å². The zero-order chi connectivity index (χ0) is 13.4. The number of anilines is 1. The Bertz CT molecular complexity index is 508. The van der Waals surface area contributed by atoms with Crippen molar-refractivity contribution in [1.82, 2.24) is 4.98 Å². The standard InChI is InChI=1S/C16H21N3/c1-11-7-12(2)18-16(15(11)8-17)19(9-13-3-4-13)10-14-5-6-14/h7,13-14H,3-6,9-10H2,1-2H3. The zero-order valence-electron chi connectivity index (χ0n) is 11.8. The fourth-order valence-corrected chi connectivity index (χ4v) is 2.66. The normalized spacial score (nSPS) is 18.2. The Morgan fingerprint density at radius 1 is 1.21 bits per heavy atom. The van der Waals surface area contributed by atoms with E-state index in [0.29, 0.717) is 0 Å². The molecule has 0 N–H and O–H groups in total. The number of rotatable bonds is 5. The number of aromatic nitrogens is 1. The van der Waals surface area contributed by atoms with E-state index in [9.17, 15) is 5.26 Å². The predicted octanol–water partition coefficient (Wildman–Crippen LogP) is 3.20. The molecule has 3 heteroatoms. The number of pyridine rings is 1. The van der Waals surface area contributed by atoms with Crippen molar-refractivity contribution in [1.29, 1.82) is 5.26 Å². The van der Waals surface area contributed by atoms with Gasteiger partial charge in [0.1, 0.15) is 11.9 Å². The molecule has 1 heterocycles. The van der Waals surface area contributed by atoms with Gasteiger partial charge in [-0.15, -0.1) is 0 Å². The van der Waals surface area contributed by atoms with E-state index < -0.39 is 0 Å². The van der Waals surface area contributed by atoms with Gasteiger partial charge in [-0.1, -0.05) is 0 Å². The molecule has 0 aliphatic heterocycles. The molecule has 0 saturated heterocycles. The maximum Gasteiger partial charge on any atom is 0.147 e. The molecule has 2 aliphatic rings. The Morgan fingerprint density at radius 3 is 2.26 bits per heavy atom. The Morgan fingerprint density at radius 2 is 1.79 bits per heavy atom. The summed E-state index contributed by atoms with van der Waals surface area (Å²) in [7, 11) is 0. The van der Waals surface area contributed by atoms with Crippen LogP contribution in [0.5, 0.6) is 0 Å². The van der Waals surface area contributed by atoms with Crippen LogP contribution in [0.1, 0.15) is 42.5 Å². The summed E-state index contributed by atoms with van der Waals surface area (Å²) in [5.74, 6) is 2.58. The molecule has 19 heavy (non-hydrogen) atoms. The van der Waals surface area contributed by atoms with Gasteiger partial charge in [0.05, 0.1) is 5.56 Å². The van der Waals surface area contributed by atoms with E-state index in [0.717, 1.165) is 47.6 Å². The monoisotopic (exact) mass is 255 g/mol. The highest BCUT2D eigenvalue weighted by Gasteiger charge is 2.31. The molecule has 0 atom stereocenters. The quantitative estimate of drug-likeness (QED) is 0.811. The van der Waals surface area contributed by atoms with Crippen molar-refractivity contribution in [2.75, 3.05) is 18.0 Å². The lowest BCUT2D eigenvalue weighted by Gasteiger charge is -2.25. The van der Waals surface area contributed by atoms with Crippen LogP contribution in [-0.4, -0.2) is 18.1 Å². The van der Waals surface area contributed by atoms with Crippen molar-refractivity contribution in [3.63, 3.8) is 0 Å². The Kier molecular flexibility index (Phi) is 3.18. The summed E-state index contributed by atoms with van der Waals surface area (Å²) in [6.07, 6.45) is 5.36. The molecular formula is C16H21N3. The summed E-state index contributed by atoms with van der Waals surface area (Å²) in [5, 5.41) is 9.42. The largest absolute Gasteiger partial charge is 0.355 e. The minimum absolute atomic E-state index is 0.770. The number of hydrogen-bond acceptors (Lipinski definition) is 3. The molecule has 2 saturated carbocycles. The maximum atomic E-state index is 9.42. The Labute approximate surface area is 115 Å². The first-order valence-corrected chi connectivity index (χ1v) is 7.30. The van der Waals surface area contributed by atoms with Crippen LogP contribution in [0.15, 0.2) is 6.07 Å². The maximum absolute atomic E-state index is 9.42. The van der Waals surface area contributed by atoms with Crippen LogP contribution in [0.4, 0.5) is 5.82 Å². The summed E-state index contributed by atoms with van der Waals surface area (Å²) in [5.41, 5.74) is 2.84. The lowest BCUT2D eigenvalue weighted by Crippen LogP contribution is -2.30. The average Bonchev–Trinajstić information content (AvgIpc) is 3.22. The van der Waals surface area contributed by atoms with Gasteiger partial charge < -0.3 is 4.90 Å². The van der Waals surface area contributed by atoms with Gasteiger partial charge in [0, 0.05) is 18.8 Å². The van der Waals surface area contributed by atoms with E-state index in [-0.39, 0.29) is 0 Å². The third kappa shape index (κ3) is 2.89. The highest BCUT2D eigenvalue weighted by molar-refractivity contribution is 5.58. The number of aryl methyl sites for hydroxylation is 2. The van der Waals surface area contributed by atoms with Crippen LogP contribution in [0, 0.1) is 37.0 Å². The smallest absolute Gasteiger partial charge is 0.147 e. The average molecular weight is 255 g/mol. The van der Waals surface area contributed by atoms with Crippen molar-refractivity contribution < 1.29 is 0 Å². The molecule has 1 aromatic rings. The van der Waals surface area contributed by atoms with Gasteiger partial charge >= 0.3 is 0 Å². The highest BCUT2D eigenvalue weighted by Crippen LogP contribution is 2.36. The molecular weight excluding hydrogens is 234 g/mol. The van der Waals surface area contributed by atoms with Crippen molar-refractivity contribution in [2.24, 2.45) is 11.8 Å². The molecule has 0 amide bonds. The lowest BCUT2D eigenvalue weighted by atomic mass is 10.1. The highest BCUT2D eigenvalue weighted by atomic mass is 15.2. The molecule has 1 aromatic heterocycles. The summed E-state index contributed by atoms with van der Waals surface area (Å²) in [4.78, 5) is 7.05. The van der Waals surface area contributed by atoms with Crippen molar-refractivity contribution in [3.05, 3.63) is 22.9 Å². The van der Waals surface area contributed by atoms with Gasteiger partial charge in [0.15, 0.2) is 0 Å². The molecule has 0 unspecified atom stereocenters. The topological polar surface area (TPSA) is 39.9 Å². The van der Waals surface area contributed by atoms with Crippen LogP contribution in [0.2, 0.25) is 0 Å². The van der Waals surface area contributed by atoms with E-state index >= 15 is 0 Å². The third-order valence-corrected chi connectivity index (χ3v) is 4.09. The first-order chi connectivity index (χ1) is 9.17. The second-order valence-electron chi connectivity index (χ2n) is 6.18. The summed E-state index contributed by atoms with van der Waals surface area (Å²) in [6, 6.07) is 4.36. The Balaban J connectivity index is 1.92.